The summed E-state index contributed by atoms with van der Waals surface area (Å²) < 4.78 is 5.10. The molecule has 0 aliphatic heterocycles. The normalized spacial score (nSPS) is 10.5. The van der Waals surface area contributed by atoms with Crippen LogP contribution in [0.4, 0.5) is 0 Å². The van der Waals surface area contributed by atoms with Gasteiger partial charge in [0.2, 0.25) is 0 Å². The van der Waals surface area contributed by atoms with E-state index in [1.165, 1.54) is 17.3 Å². The summed E-state index contributed by atoms with van der Waals surface area (Å²) in [6, 6.07) is 19.3. The molecule has 0 saturated heterocycles. The highest BCUT2D eigenvalue weighted by atomic mass is 32.2. The minimum absolute atomic E-state index is 0.0543. The SMILES string of the molecule is CCc1ccc(-c2ccc(SCC(=O)c3ccc(OC)cc3)nn2)cc1. The summed E-state index contributed by atoms with van der Waals surface area (Å²) in [6.07, 6.45) is 1.02. The van der Waals surface area contributed by atoms with E-state index >= 15 is 0 Å². The van der Waals surface area contributed by atoms with Crippen molar-refractivity contribution < 1.29 is 9.53 Å². The number of carbonyl (C=O) groups is 1. The van der Waals surface area contributed by atoms with Crippen molar-refractivity contribution >= 4 is 17.5 Å². The highest BCUT2D eigenvalue weighted by Crippen LogP contribution is 2.21. The first-order chi connectivity index (χ1) is 12.7. The summed E-state index contributed by atoms with van der Waals surface area (Å²) in [5, 5.41) is 9.25. The van der Waals surface area contributed by atoms with Crippen molar-refractivity contribution in [3.63, 3.8) is 0 Å². The monoisotopic (exact) mass is 364 g/mol. The van der Waals surface area contributed by atoms with E-state index in [-0.39, 0.29) is 5.78 Å². The topological polar surface area (TPSA) is 52.1 Å². The number of benzene rings is 2. The number of ketones is 1. The first kappa shape index (κ1) is 18.1. The molecule has 132 valence electrons. The lowest BCUT2D eigenvalue weighted by Crippen LogP contribution is -2.02. The van der Waals surface area contributed by atoms with Crippen LogP contribution in [0.25, 0.3) is 11.3 Å². The lowest BCUT2D eigenvalue weighted by atomic mass is 10.1. The summed E-state index contributed by atoms with van der Waals surface area (Å²) in [6.45, 7) is 2.13. The van der Waals surface area contributed by atoms with Crippen LogP contribution in [0.2, 0.25) is 0 Å². The van der Waals surface area contributed by atoms with Gasteiger partial charge in [-0.25, -0.2) is 0 Å². The molecule has 0 amide bonds. The van der Waals surface area contributed by atoms with Gasteiger partial charge >= 0.3 is 0 Å². The average Bonchev–Trinajstić information content (AvgIpc) is 2.72. The van der Waals surface area contributed by atoms with Crippen molar-refractivity contribution in [1.82, 2.24) is 10.2 Å². The maximum atomic E-state index is 12.3. The molecular weight excluding hydrogens is 344 g/mol. The number of aromatic nitrogens is 2. The first-order valence-corrected chi connectivity index (χ1v) is 9.41. The molecule has 4 nitrogen and oxygen atoms in total. The largest absolute Gasteiger partial charge is 0.497 e. The van der Waals surface area contributed by atoms with Crippen LogP contribution in [0.5, 0.6) is 5.75 Å². The van der Waals surface area contributed by atoms with Gasteiger partial charge < -0.3 is 4.74 Å². The van der Waals surface area contributed by atoms with Gasteiger partial charge in [0.05, 0.1) is 18.6 Å². The van der Waals surface area contributed by atoms with E-state index in [2.05, 4.69) is 41.4 Å². The number of ether oxygens (including phenoxy) is 1. The number of Topliss-reactive ketones (excluding diaryl/α,β-unsaturated/α-hetero) is 1. The maximum absolute atomic E-state index is 12.3. The number of hydrogen-bond donors (Lipinski definition) is 0. The van der Waals surface area contributed by atoms with Crippen LogP contribution in [0.3, 0.4) is 0 Å². The number of nitrogens with zero attached hydrogens (tertiary/aromatic N) is 2. The van der Waals surface area contributed by atoms with Crippen LogP contribution < -0.4 is 4.74 Å². The molecule has 5 heteroatoms. The minimum atomic E-state index is 0.0543. The van der Waals surface area contributed by atoms with Crippen molar-refractivity contribution in [1.29, 1.82) is 0 Å². The molecule has 0 aliphatic rings. The summed E-state index contributed by atoms with van der Waals surface area (Å²) in [7, 11) is 1.60. The van der Waals surface area contributed by atoms with E-state index < -0.39 is 0 Å². The van der Waals surface area contributed by atoms with Gasteiger partial charge in [0.1, 0.15) is 10.8 Å². The van der Waals surface area contributed by atoms with E-state index in [1.54, 1.807) is 31.4 Å². The van der Waals surface area contributed by atoms with E-state index in [1.807, 2.05) is 12.1 Å². The van der Waals surface area contributed by atoms with Gasteiger partial charge in [0.15, 0.2) is 5.78 Å². The Balaban J connectivity index is 1.60. The number of thioether (sulfide) groups is 1. The Morgan fingerprint density at radius 2 is 1.69 bits per heavy atom. The van der Waals surface area contributed by atoms with Crippen LogP contribution in [0.1, 0.15) is 22.8 Å². The zero-order valence-corrected chi connectivity index (χ0v) is 15.6. The van der Waals surface area contributed by atoms with E-state index in [4.69, 9.17) is 4.74 Å². The lowest BCUT2D eigenvalue weighted by Gasteiger charge is -2.04. The van der Waals surface area contributed by atoms with Gasteiger partial charge in [-0.15, -0.1) is 10.2 Å². The number of methoxy groups -OCH3 is 1. The fourth-order valence-corrected chi connectivity index (χ4v) is 3.17. The summed E-state index contributed by atoms with van der Waals surface area (Å²) in [5.41, 5.74) is 3.84. The van der Waals surface area contributed by atoms with E-state index in [9.17, 15) is 4.79 Å². The number of hydrogen-bond acceptors (Lipinski definition) is 5. The molecule has 0 N–H and O–H groups in total. The van der Waals surface area contributed by atoms with Crippen LogP contribution in [0, 0.1) is 0 Å². The Hall–Kier alpha value is -2.66. The second kappa shape index (κ2) is 8.63. The highest BCUT2D eigenvalue weighted by Gasteiger charge is 2.08. The average molecular weight is 364 g/mol. The van der Waals surface area contributed by atoms with Gasteiger partial charge in [0, 0.05) is 11.1 Å². The van der Waals surface area contributed by atoms with Gasteiger partial charge in [-0.05, 0) is 48.4 Å². The van der Waals surface area contributed by atoms with E-state index in [0.717, 1.165) is 28.5 Å². The fraction of sp³-hybridized carbons (Fsp3) is 0.190. The third kappa shape index (κ3) is 4.49. The predicted octanol–water partition coefficient (Wildman–Crippen LogP) is 4.69. The molecule has 26 heavy (non-hydrogen) atoms. The zero-order chi connectivity index (χ0) is 18.4. The van der Waals surface area contributed by atoms with Gasteiger partial charge in [0.25, 0.3) is 0 Å². The maximum Gasteiger partial charge on any atom is 0.173 e. The lowest BCUT2D eigenvalue weighted by molar-refractivity contribution is 0.102. The predicted molar refractivity (Wildman–Crippen MR) is 105 cm³/mol. The molecule has 0 unspecified atom stereocenters. The van der Waals surface area contributed by atoms with E-state index in [0.29, 0.717) is 11.3 Å². The molecule has 2 aromatic carbocycles. The minimum Gasteiger partial charge on any atom is -0.497 e. The smallest absolute Gasteiger partial charge is 0.173 e. The quantitative estimate of drug-likeness (QED) is 0.450. The Morgan fingerprint density at radius 1 is 0.962 bits per heavy atom. The van der Waals surface area contributed by atoms with Crippen molar-refractivity contribution in [2.24, 2.45) is 0 Å². The van der Waals surface area contributed by atoms with Crippen molar-refractivity contribution in [3.05, 3.63) is 71.8 Å². The summed E-state index contributed by atoms with van der Waals surface area (Å²) in [5.74, 6) is 1.12. The van der Waals surface area contributed by atoms with Crippen LogP contribution in [0.15, 0.2) is 65.7 Å². The van der Waals surface area contributed by atoms with Crippen molar-refractivity contribution in [2.45, 2.75) is 18.4 Å². The highest BCUT2D eigenvalue weighted by molar-refractivity contribution is 7.99. The molecule has 0 radical (unpaired) electrons. The standard InChI is InChI=1S/C21H20N2O2S/c1-3-15-4-6-16(7-5-15)19-12-13-21(23-22-19)26-14-20(24)17-8-10-18(25-2)11-9-17/h4-13H,3,14H2,1-2H3. The second-order valence-corrected chi connectivity index (χ2v) is 6.74. The van der Waals surface area contributed by atoms with Crippen LogP contribution in [-0.4, -0.2) is 28.8 Å². The van der Waals surface area contributed by atoms with Crippen LogP contribution >= 0.6 is 11.8 Å². The molecular formula is C21H20N2O2S. The molecule has 0 saturated carbocycles. The van der Waals surface area contributed by atoms with Gasteiger partial charge in [-0.3, -0.25) is 4.79 Å². The van der Waals surface area contributed by atoms with Gasteiger partial charge in [-0.1, -0.05) is 43.0 Å². The molecule has 0 fully saturated rings. The number of carbonyl (C=O) groups excluding carboxylic acids is 1. The van der Waals surface area contributed by atoms with Crippen LogP contribution in [-0.2, 0) is 6.42 Å². The Morgan fingerprint density at radius 3 is 2.27 bits per heavy atom. The third-order valence-corrected chi connectivity index (χ3v) is 4.98. The molecule has 1 heterocycles. The first-order valence-electron chi connectivity index (χ1n) is 8.42. The Bertz CT molecular complexity index is 860. The second-order valence-electron chi connectivity index (χ2n) is 5.75. The summed E-state index contributed by atoms with van der Waals surface area (Å²) in [4.78, 5) is 12.3. The van der Waals surface area contributed by atoms with Gasteiger partial charge in [-0.2, -0.15) is 0 Å². The zero-order valence-electron chi connectivity index (χ0n) is 14.8. The fourth-order valence-electron chi connectivity index (χ4n) is 2.46. The molecule has 0 aliphatic carbocycles. The number of aryl methyl sites for hydroxylation is 1. The molecule has 0 bridgehead atoms. The summed E-state index contributed by atoms with van der Waals surface area (Å²) >= 11 is 1.39. The molecule has 3 rings (SSSR count). The Labute approximate surface area is 157 Å². The molecule has 0 spiro atoms. The van der Waals surface area contributed by atoms with Crippen molar-refractivity contribution in [2.75, 3.05) is 12.9 Å². The molecule has 3 aromatic rings. The molecule has 0 atom stereocenters. The Kier molecular flexibility index (Phi) is 6.02. The molecule has 1 aromatic heterocycles. The van der Waals surface area contributed by atoms with Crippen molar-refractivity contribution in [3.8, 4) is 17.0 Å². The third-order valence-electron chi connectivity index (χ3n) is 4.06. The number of rotatable bonds is 7.